The quantitative estimate of drug-likeness (QED) is 0.894. The fourth-order valence-corrected chi connectivity index (χ4v) is 1.77. The lowest BCUT2D eigenvalue weighted by Crippen LogP contribution is -2.27. The maximum absolute atomic E-state index is 12.3. The highest BCUT2D eigenvalue weighted by Gasteiger charge is 2.14. The van der Waals surface area contributed by atoms with Crippen LogP contribution in [-0.4, -0.2) is 39.4 Å². The molecule has 0 aromatic carbocycles. The highest BCUT2D eigenvalue weighted by Crippen LogP contribution is 2.07. The van der Waals surface area contributed by atoms with Crippen molar-refractivity contribution in [3.8, 4) is 0 Å². The Labute approximate surface area is 117 Å². The Morgan fingerprint density at radius 2 is 2.15 bits per heavy atom. The van der Waals surface area contributed by atoms with Crippen molar-refractivity contribution in [1.82, 2.24) is 19.9 Å². The van der Waals surface area contributed by atoms with Crippen molar-refractivity contribution in [1.29, 1.82) is 0 Å². The average Bonchev–Trinajstić information content (AvgIpc) is 2.48. The summed E-state index contributed by atoms with van der Waals surface area (Å²) in [5, 5.41) is 3.04. The number of pyridine rings is 1. The minimum absolute atomic E-state index is 0.166. The molecule has 6 nitrogen and oxygen atoms in total. The Hall–Kier alpha value is -2.50. The average molecular weight is 271 g/mol. The third kappa shape index (κ3) is 3.50. The molecule has 2 aromatic rings. The van der Waals surface area contributed by atoms with Gasteiger partial charge in [-0.2, -0.15) is 0 Å². The zero-order valence-electron chi connectivity index (χ0n) is 11.6. The lowest BCUT2D eigenvalue weighted by molar-refractivity contribution is 0.0779. The van der Waals surface area contributed by atoms with Crippen molar-refractivity contribution < 1.29 is 4.79 Å². The van der Waals surface area contributed by atoms with E-state index >= 15 is 0 Å². The highest BCUT2D eigenvalue weighted by molar-refractivity contribution is 5.92. The van der Waals surface area contributed by atoms with E-state index in [0.29, 0.717) is 18.1 Å². The molecule has 0 aliphatic heterocycles. The summed E-state index contributed by atoms with van der Waals surface area (Å²) in [6.45, 7) is 3.18. The van der Waals surface area contributed by atoms with Crippen LogP contribution in [-0.2, 0) is 6.54 Å². The molecule has 1 amide bonds. The topological polar surface area (TPSA) is 71.0 Å². The van der Waals surface area contributed by atoms with E-state index in [9.17, 15) is 4.79 Å². The summed E-state index contributed by atoms with van der Waals surface area (Å²) in [6, 6.07) is 3.77. The largest absolute Gasteiger partial charge is 0.369 e. The fourth-order valence-electron chi connectivity index (χ4n) is 1.77. The summed E-state index contributed by atoms with van der Waals surface area (Å²) >= 11 is 0. The Morgan fingerprint density at radius 3 is 2.85 bits per heavy atom. The fraction of sp³-hybridized carbons (Fsp3) is 0.286. The number of carbonyl (C=O) groups excluding carboxylic acids is 1. The monoisotopic (exact) mass is 271 g/mol. The number of aromatic nitrogens is 3. The molecule has 0 saturated heterocycles. The molecule has 1 N–H and O–H groups in total. The lowest BCUT2D eigenvalue weighted by atomic mass is 10.2. The zero-order chi connectivity index (χ0) is 14.4. The Balaban J connectivity index is 2.08. The molecule has 2 aromatic heterocycles. The normalized spacial score (nSPS) is 10.1. The smallest absolute Gasteiger partial charge is 0.274 e. The molecule has 0 spiro atoms. The summed E-state index contributed by atoms with van der Waals surface area (Å²) in [5.74, 6) is 0.439. The molecule has 0 fully saturated rings. The van der Waals surface area contributed by atoms with Gasteiger partial charge >= 0.3 is 0 Å². The van der Waals surface area contributed by atoms with Crippen molar-refractivity contribution in [2.24, 2.45) is 0 Å². The maximum Gasteiger partial charge on any atom is 0.274 e. The molecule has 0 aliphatic carbocycles. The van der Waals surface area contributed by atoms with Crippen LogP contribution in [0.3, 0.4) is 0 Å². The number of carbonyl (C=O) groups is 1. The Bertz CT molecular complexity index is 573. The predicted molar refractivity (Wildman–Crippen MR) is 76.2 cm³/mol. The van der Waals surface area contributed by atoms with Crippen molar-refractivity contribution in [3.63, 3.8) is 0 Å². The minimum Gasteiger partial charge on any atom is -0.369 e. The van der Waals surface area contributed by atoms with Crippen molar-refractivity contribution in [2.45, 2.75) is 13.5 Å². The summed E-state index contributed by atoms with van der Waals surface area (Å²) in [7, 11) is 1.73. The number of amides is 1. The van der Waals surface area contributed by atoms with Gasteiger partial charge in [-0.15, -0.1) is 0 Å². The van der Waals surface area contributed by atoms with Gasteiger partial charge in [0.15, 0.2) is 0 Å². The SMILES string of the molecule is CCNc1cncc(C(=O)N(C)Cc2cccnc2)n1. The summed E-state index contributed by atoms with van der Waals surface area (Å²) in [6.07, 6.45) is 6.52. The molecule has 0 radical (unpaired) electrons. The first-order valence-corrected chi connectivity index (χ1v) is 6.41. The van der Waals surface area contributed by atoms with Crippen LogP contribution >= 0.6 is 0 Å². The van der Waals surface area contributed by atoms with Gasteiger partial charge in [0.05, 0.1) is 12.4 Å². The van der Waals surface area contributed by atoms with Crippen molar-refractivity contribution in [3.05, 3.63) is 48.2 Å². The minimum atomic E-state index is -0.166. The zero-order valence-corrected chi connectivity index (χ0v) is 11.6. The lowest BCUT2D eigenvalue weighted by Gasteiger charge is -2.16. The van der Waals surface area contributed by atoms with E-state index in [1.807, 2.05) is 19.1 Å². The van der Waals surface area contributed by atoms with Crippen LogP contribution in [0.15, 0.2) is 36.9 Å². The molecule has 20 heavy (non-hydrogen) atoms. The third-order valence-electron chi connectivity index (χ3n) is 2.70. The van der Waals surface area contributed by atoms with E-state index in [4.69, 9.17) is 0 Å². The van der Waals surface area contributed by atoms with Crippen LogP contribution in [0.25, 0.3) is 0 Å². The maximum atomic E-state index is 12.3. The van der Waals surface area contributed by atoms with Gasteiger partial charge in [0.25, 0.3) is 5.91 Å². The number of hydrogen-bond acceptors (Lipinski definition) is 5. The Kier molecular flexibility index (Phi) is 4.60. The van der Waals surface area contributed by atoms with Gasteiger partial charge in [-0.25, -0.2) is 4.98 Å². The number of anilines is 1. The van der Waals surface area contributed by atoms with E-state index in [2.05, 4.69) is 20.3 Å². The van der Waals surface area contributed by atoms with Crippen LogP contribution in [0.4, 0.5) is 5.82 Å². The second-order valence-electron chi connectivity index (χ2n) is 4.34. The molecule has 0 bridgehead atoms. The van der Waals surface area contributed by atoms with E-state index in [1.54, 1.807) is 30.5 Å². The summed E-state index contributed by atoms with van der Waals surface area (Å²) < 4.78 is 0. The van der Waals surface area contributed by atoms with E-state index in [-0.39, 0.29) is 5.91 Å². The number of rotatable bonds is 5. The highest BCUT2D eigenvalue weighted by atomic mass is 16.2. The van der Waals surface area contributed by atoms with Gasteiger partial charge in [-0.3, -0.25) is 14.8 Å². The molecule has 0 saturated carbocycles. The van der Waals surface area contributed by atoms with Crippen LogP contribution in [0.5, 0.6) is 0 Å². The standard InChI is InChI=1S/C14H17N5O/c1-3-17-13-9-16-8-12(18-13)14(20)19(2)10-11-5-4-6-15-7-11/h4-9H,3,10H2,1-2H3,(H,17,18). The van der Waals surface area contributed by atoms with Crippen LogP contribution in [0, 0.1) is 0 Å². The first-order chi connectivity index (χ1) is 9.70. The summed E-state index contributed by atoms with van der Waals surface area (Å²) in [4.78, 5) is 26.2. The van der Waals surface area contributed by atoms with E-state index < -0.39 is 0 Å². The van der Waals surface area contributed by atoms with Gasteiger partial charge in [0, 0.05) is 32.5 Å². The van der Waals surface area contributed by atoms with Crippen LogP contribution < -0.4 is 5.32 Å². The number of nitrogens with one attached hydrogen (secondary N) is 1. The molecular formula is C14H17N5O. The molecule has 2 heterocycles. The van der Waals surface area contributed by atoms with Gasteiger partial charge in [0.2, 0.25) is 0 Å². The van der Waals surface area contributed by atoms with Gasteiger partial charge < -0.3 is 10.2 Å². The third-order valence-corrected chi connectivity index (χ3v) is 2.70. The molecule has 104 valence electrons. The molecule has 0 unspecified atom stereocenters. The second-order valence-corrected chi connectivity index (χ2v) is 4.34. The van der Waals surface area contributed by atoms with Crippen molar-refractivity contribution in [2.75, 3.05) is 18.9 Å². The van der Waals surface area contributed by atoms with Gasteiger partial charge in [-0.1, -0.05) is 6.07 Å². The number of hydrogen-bond donors (Lipinski definition) is 1. The number of nitrogens with zero attached hydrogens (tertiary/aromatic N) is 4. The first kappa shape index (κ1) is 13.9. The molecular weight excluding hydrogens is 254 g/mol. The van der Waals surface area contributed by atoms with E-state index in [1.165, 1.54) is 6.20 Å². The molecule has 6 heteroatoms. The molecule has 2 rings (SSSR count). The van der Waals surface area contributed by atoms with Crippen LogP contribution in [0.2, 0.25) is 0 Å². The molecule has 0 aliphatic rings. The van der Waals surface area contributed by atoms with Gasteiger partial charge in [0.1, 0.15) is 11.5 Å². The van der Waals surface area contributed by atoms with E-state index in [0.717, 1.165) is 12.1 Å². The first-order valence-electron chi connectivity index (χ1n) is 6.41. The van der Waals surface area contributed by atoms with Gasteiger partial charge in [-0.05, 0) is 18.6 Å². The molecule has 0 atom stereocenters. The predicted octanol–water partition coefficient (Wildman–Crippen LogP) is 1.58. The van der Waals surface area contributed by atoms with Crippen LogP contribution in [0.1, 0.15) is 23.0 Å². The van der Waals surface area contributed by atoms with Crippen molar-refractivity contribution >= 4 is 11.7 Å². The Morgan fingerprint density at radius 1 is 1.30 bits per heavy atom. The summed E-state index contributed by atoms with van der Waals surface area (Å²) in [5.41, 5.74) is 1.30. The second kappa shape index (κ2) is 6.60.